The van der Waals surface area contributed by atoms with Crippen LogP contribution in [0.25, 0.3) is 60.8 Å². The Morgan fingerprint density at radius 2 is 1.03 bits per heavy atom. The molecule has 0 unspecified atom stereocenters. The molecule has 2 N–H and O–H groups in total. The van der Waals surface area contributed by atoms with Crippen molar-refractivity contribution >= 4 is 38.3 Å². The molecule has 0 aliphatic heterocycles. The Morgan fingerprint density at radius 1 is 0.500 bits per heavy atom. The first-order valence-corrected chi connectivity index (χ1v) is 12.1. The fourth-order valence-electron chi connectivity index (χ4n) is 5.32. The molecule has 3 nitrogen and oxygen atoms in total. The van der Waals surface area contributed by atoms with Crippen molar-refractivity contribution in [2.24, 2.45) is 0 Å². The first-order chi connectivity index (χ1) is 17.8. The van der Waals surface area contributed by atoms with Crippen LogP contribution < -0.4 is 5.73 Å². The summed E-state index contributed by atoms with van der Waals surface area (Å²) in [5.74, 6) is 0.931. The number of imidazole rings is 1. The van der Waals surface area contributed by atoms with Gasteiger partial charge in [0.25, 0.3) is 0 Å². The quantitative estimate of drug-likeness (QED) is 0.213. The first kappa shape index (κ1) is 20.5. The topological polar surface area (TPSA) is 43.8 Å². The summed E-state index contributed by atoms with van der Waals surface area (Å²) in [4.78, 5) is 5.02. The molecule has 0 amide bonds. The standard InChI is InChI=1S/C33H23N3/c34-32-27-14-6-4-12-25(27)31(26-13-5-7-15-28(26)32)22-18-20-23(21-19-22)33-35-29-16-8-9-17-30(29)36(33)24-10-2-1-3-11-24/h1-21H,34H2. The molecule has 0 fully saturated rings. The predicted molar refractivity (Wildman–Crippen MR) is 151 cm³/mol. The minimum atomic E-state index is 0.832. The maximum Gasteiger partial charge on any atom is 0.145 e. The Morgan fingerprint density at radius 3 is 1.69 bits per heavy atom. The van der Waals surface area contributed by atoms with Crippen molar-refractivity contribution in [1.82, 2.24) is 9.55 Å². The van der Waals surface area contributed by atoms with E-state index in [0.717, 1.165) is 60.9 Å². The summed E-state index contributed by atoms with van der Waals surface area (Å²) in [5.41, 5.74) is 14.0. The summed E-state index contributed by atoms with van der Waals surface area (Å²) in [6.07, 6.45) is 0. The fourth-order valence-corrected chi connectivity index (χ4v) is 5.32. The van der Waals surface area contributed by atoms with E-state index in [9.17, 15) is 0 Å². The molecule has 6 aromatic carbocycles. The van der Waals surface area contributed by atoms with Gasteiger partial charge in [-0.25, -0.2) is 4.98 Å². The van der Waals surface area contributed by atoms with Gasteiger partial charge in [0.1, 0.15) is 5.82 Å². The largest absolute Gasteiger partial charge is 0.398 e. The maximum absolute atomic E-state index is 6.60. The number of hydrogen-bond donors (Lipinski definition) is 1. The van der Waals surface area contributed by atoms with Gasteiger partial charge < -0.3 is 5.73 Å². The number of hydrogen-bond acceptors (Lipinski definition) is 2. The van der Waals surface area contributed by atoms with E-state index < -0.39 is 0 Å². The molecule has 36 heavy (non-hydrogen) atoms. The van der Waals surface area contributed by atoms with Gasteiger partial charge in [-0.05, 0) is 46.2 Å². The van der Waals surface area contributed by atoms with Crippen molar-refractivity contribution in [3.05, 3.63) is 127 Å². The highest BCUT2D eigenvalue weighted by atomic mass is 15.1. The number of nitrogen functional groups attached to an aromatic ring is 1. The van der Waals surface area contributed by atoms with Crippen LogP contribution in [0.3, 0.4) is 0 Å². The second-order valence-electron chi connectivity index (χ2n) is 9.05. The van der Waals surface area contributed by atoms with Gasteiger partial charge in [-0.15, -0.1) is 0 Å². The molecule has 0 atom stereocenters. The number of fused-ring (bicyclic) bond motifs is 3. The molecule has 0 aliphatic carbocycles. The molecular weight excluding hydrogens is 438 g/mol. The molecule has 170 valence electrons. The molecule has 3 heteroatoms. The first-order valence-electron chi connectivity index (χ1n) is 12.1. The van der Waals surface area contributed by atoms with Crippen LogP contribution >= 0.6 is 0 Å². The van der Waals surface area contributed by atoms with Crippen molar-refractivity contribution in [3.63, 3.8) is 0 Å². The van der Waals surface area contributed by atoms with Crippen molar-refractivity contribution in [3.8, 4) is 28.2 Å². The van der Waals surface area contributed by atoms with Gasteiger partial charge in [-0.1, -0.05) is 103 Å². The Hall–Kier alpha value is -4.89. The number of para-hydroxylation sites is 3. The van der Waals surface area contributed by atoms with E-state index in [0.29, 0.717) is 0 Å². The van der Waals surface area contributed by atoms with Crippen LogP contribution in [0.5, 0.6) is 0 Å². The Bertz CT molecular complexity index is 1820. The smallest absolute Gasteiger partial charge is 0.145 e. The lowest BCUT2D eigenvalue weighted by Gasteiger charge is -2.15. The zero-order chi connectivity index (χ0) is 24.1. The van der Waals surface area contributed by atoms with Gasteiger partial charge in [-0.2, -0.15) is 0 Å². The molecule has 7 aromatic rings. The van der Waals surface area contributed by atoms with Crippen LogP contribution in [0, 0.1) is 0 Å². The maximum atomic E-state index is 6.60. The van der Waals surface area contributed by atoms with Gasteiger partial charge in [-0.3, -0.25) is 4.57 Å². The minimum Gasteiger partial charge on any atom is -0.398 e. The van der Waals surface area contributed by atoms with Gasteiger partial charge in [0.15, 0.2) is 0 Å². The van der Waals surface area contributed by atoms with Crippen LogP contribution in [0.4, 0.5) is 5.69 Å². The average molecular weight is 462 g/mol. The number of anilines is 1. The average Bonchev–Trinajstić information content (AvgIpc) is 3.34. The van der Waals surface area contributed by atoms with Crippen molar-refractivity contribution in [2.75, 3.05) is 5.73 Å². The minimum absolute atomic E-state index is 0.832. The van der Waals surface area contributed by atoms with Crippen LogP contribution in [0.1, 0.15) is 0 Å². The Balaban J connectivity index is 1.44. The number of aromatic nitrogens is 2. The summed E-state index contributed by atoms with van der Waals surface area (Å²) < 4.78 is 2.23. The summed E-state index contributed by atoms with van der Waals surface area (Å²) in [5, 5.41) is 4.50. The van der Waals surface area contributed by atoms with E-state index in [-0.39, 0.29) is 0 Å². The SMILES string of the molecule is Nc1c2ccccc2c(-c2ccc(-c3nc4ccccc4n3-c3ccccc3)cc2)c2ccccc12. The van der Waals surface area contributed by atoms with E-state index >= 15 is 0 Å². The van der Waals surface area contributed by atoms with E-state index in [4.69, 9.17) is 10.7 Å². The molecular formula is C33H23N3. The molecule has 0 saturated heterocycles. The molecule has 0 spiro atoms. The van der Waals surface area contributed by atoms with Gasteiger partial charge in [0.05, 0.1) is 11.0 Å². The second-order valence-corrected chi connectivity index (χ2v) is 9.05. The van der Waals surface area contributed by atoms with Gasteiger partial charge in [0.2, 0.25) is 0 Å². The summed E-state index contributed by atoms with van der Waals surface area (Å²) in [6, 6.07) is 44.3. The summed E-state index contributed by atoms with van der Waals surface area (Å²) >= 11 is 0. The lowest BCUT2D eigenvalue weighted by Crippen LogP contribution is -1.97. The van der Waals surface area contributed by atoms with Crippen LogP contribution in [-0.4, -0.2) is 9.55 Å². The lowest BCUT2D eigenvalue weighted by atomic mass is 9.90. The van der Waals surface area contributed by atoms with Crippen LogP contribution in [0.2, 0.25) is 0 Å². The Kier molecular flexibility index (Phi) is 4.61. The van der Waals surface area contributed by atoms with Crippen molar-refractivity contribution < 1.29 is 0 Å². The molecule has 1 heterocycles. The number of rotatable bonds is 3. The highest BCUT2D eigenvalue weighted by Crippen LogP contribution is 2.41. The molecule has 0 aliphatic rings. The van der Waals surface area contributed by atoms with E-state index in [1.165, 1.54) is 5.56 Å². The van der Waals surface area contributed by atoms with Gasteiger partial charge >= 0.3 is 0 Å². The zero-order valence-electron chi connectivity index (χ0n) is 19.6. The molecule has 0 radical (unpaired) electrons. The van der Waals surface area contributed by atoms with Crippen LogP contribution in [-0.2, 0) is 0 Å². The summed E-state index contributed by atoms with van der Waals surface area (Å²) in [6.45, 7) is 0. The monoisotopic (exact) mass is 461 g/mol. The molecule has 0 bridgehead atoms. The van der Waals surface area contributed by atoms with Crippen molar-refractivity contribution in [2.45, 2.75) is 0 Å². The molecule has 0 saturated carbocycles. The third kappa shape index (κ3) is 3.10. The van der Waals surface area contributed by atoms with E-state index in [2.05, 4.69) is 120 Å². The number of nitrogens with zero attached hydrogens (tertiary/aromatic N) is 2. The Labute approximate surface area is 209 Å². The lowest BCUT2D eigenvalue weighted by molar-refractivity contribution is 1.10. The second kappa shape index (κ2) is 8.10. The number of nitrogens with two attached hydrogens (primary N) is 1. The van der Waals surface area contributed by atoms with Crippen molar-refractivity contribution in [1.29, 1.82) is 0 Å². The fraction of sp³-hybridized carbons (Fsp3) is 0. The zero-order valence-corrected chi connectivity index (χ0v) is 19.6. The van der Waals surface area contributed by atoms with Crippen LogP contribution in [0.15, 0.2) is 127 Å². The normalized spacial score (nSPS) is 11.4. The molecule has 1 aromatic heterocycles. The highest BCUT2D eigenvalue weighted by molar-refractivity contribution is 6.19. The number of benzene rings is 6. The highest BCUT2D eigenvalue weighted by Gasteiger charge is 2.16. The third-order valence-corrected chi connectivity index (χ3v) is 6.98. The summed E-state index contributed by atoms with van der Waals surface area (Å²) in [7, 11) is 0. The van der Waals surface area contributed by atoms with E-state index in [1.807, 2.05) is 12.1 Å². The third-order valence-electron chi connectivity index (χ3n) is 6.98. The van der Waals surface area contributed by atoms with E-state index in [1.54, 1.807) is 0 Å². The van der Waals surface area contributed by atoms with Gasteiger partial charge in [0, 0.05) is 27.7 Å². The predicted octanol–water partition coefficient (Wildman–Crippen LogP) is 8.25. The molecule has 7 rings (SSSR count).